The molecule has 0 aliphatic rings. The van der Waals surface area contributed by atoms with E-state index in [1.54, 1.807) is 12.1 Å². The van der Waals surface area contributed by atoms with Crippen LogP contribution in [0, 0.1) is 0 Å². The van der Waals surface area contributed by atoms with Crippen molar-refractivity contribution in [3.05, 3.63) is 22.7 Å². The van der Waals surface area contributed by atoms with Crippen molar-refractivity contribution in [2.24, 2.45) is 0 Å². The number of hydrogen-bond donors (Lipinski definition) is 2. The van der Waals surface area contributed by atoms with Crippen LogP contribution in [0.1, 0.15) is 0 Å². The molecule has 0 spiro atoms. The zero-order chi connectivity index (χ0) is 14.0. The van der Waals surface area contributed by atoms with Crippen LogP contribution in [0.4, 0.5) is 11.4 Å². The van der Waals surface area contributed by atoms with Crippen LogP contribution in [0.25, 0.3) is 0 Å². The van der Waals surface area contributed by atoms with Gasteiger partial charge in [0.05, 0.1) is 22.9 Å². The molecule has 1 aromatic carbocycles. The summed E-state index contributed by atoms with van der Waals surface area (Å²) in [5.41, 5.74) is 6.12. The Bertz CT molecular complexity index is 641. The number of benzene rings is 1. The fraction of sp³-hybridized carbons (Fsp3) is 0.333. The molecule has 0 aromatic heterocycles. The van der Waals surface area contributed by atoms with Gasteiger partial charge in [0.2, 0.25) is 10.0 Å². The van der Waals surface area contributed by atoms with E-state index in [1.807, 2.05) is 0 Å². The first kappa shape index (κ1) is 15.3. The van der Waals surface area contributed by atoms with Crippen molar-refractivity contribution in [2.45, 2.75) is 0 Å². The smallest absolute Gasteiger partial charge is 0.233 e. The lowest BCUT2D eigenvalue weighted by Gasteiger charge is -2.10. The number of hydrogen-bond acceptors (Lipinski definition) is 5. The molecule has 3 N–H and O–H groups in total. The van der Waals surface area contributed by atoms with Crippen molar-refractivity contribution in [1.29, 1.82) is 0 Å². The number of anilines is 2. The molecule has 0 bridgehead atoms. The highest BCUT2D eigenvalue weighted by atomic mass is 79.9. The third kappa shape index (κ3) is 5.23. The Morgan fingerprint density at radius 1 is 1.22 bits per heavy atom. The van der Waals surface area contributed by atoms with Gasteiger partial charge in [0.25, 0.3) is 0 Å². The average Bonchev–Trinajstić information content (AvgIpc) is 2.19. The van der Waals surface area contributed by atoms with E-state index < -0.39 is 31.4 Å². The average molecular weight is 357 g/mol. The Labute approximate surface area is 115 Å². The summed E-state index contributed by atoms with van der Waals surface area (Å²) in [5.74, 6) is -0.930. The van der Waals surface area contributed by atoms with Crippen molar-refractivity contribution in [2.75, 3.05) is 28.2 Å². The van der Waals surface area contributed by atoms with Crippen molar-refractivity contribution in [3.8, 4) is 0 Å². The molecular formula is C9H13BrN2O4S2. The molecule has 0 saturated carbocycles. The van der Waals surface area contributed by atoms with Crippen LogP contribution in [0.2, 0.25) is 0 Å². The van der Waals surface area contributed by atoms with Gasteiger partial charge in [-0.05, 0) is 18.2 Å². The quantitative estimate of drug-likeness (QED) is 0.759. The number of halogens is 1. The van der Waals surface area contributed by atoms with Crippen LogP contribution >= 0.6 is 15.9 Å². The minimum absolute atomic E-state index is 0.228. The van der Waals surface area contributed by atoms with E-state index in [2.05, 4.69) is 20.7 Å². The van der Waals surface area contributed by atoms with Crippen LogP contribution in [-0.4, -0.2) is 34.6 Å². The normalized spacial score (nSPS) is 12.3. The molecule has 6 nitrogen and oxygen atoms in total. The molecule has 0 radical (unpaired) electrons. The molecule has 0 unspecified atom stereocenters. The van der Waals surface area contributed by atoms with E-state index in [-0.39, 0.29) is 11.4 Å². The zero-order valence-corrected chi connectivity index (χ0v) is 12.8. The minimum Gasteiger partial charge on any atom is -0.397 e. The number of sulfonamides is 1. The Morgan fingerprint density at radius 3 is 2.33 bits per heavy atom. The predicted molar refractivity (Wildman–Crippen MR) is 75.7 cm³/mol. The van der Waals surface area contributed by atoms with E-state index >= 15 is 0 Å². The molecule has 1 rings (SSSR count). The fourth-order valence-electron chi connectivity index (χ4n) is 1.11. The second-order valence-corrected chi connectivity index (χ2v) is 8.80. The zero-order valence-electron chi connectivity index (χ0n) is 9.55. The SMILES string of the molecule is CS(=O)(=O)CCS(=O)(=O)Nc1ccc(Br)cc1N. The van der Waals surface area contributed by atoms with E-state index in [4.69, 9.17) is 5.73 Å². The maximum Gasteiger partial charge on any atom is 0.233 e. The van der Waals surface area contributed by atoms with Gasteiger partial charge >= 0.3 is 0 Å². The molecule has 9 heteroatoms. The molecule has 0 atom stereocenters. The second-order valence-electron chi connectivity index (χ2n) is 3.78. The lowest BCUT2D eigenvalue weighted by atomic mass is 10.3. The van der Waals surface area contributed by atoms with Crippen molar-refractivity contribution >= 4 is 47.2 Å². The first-order valence-corrected chi connectivity index (χ1v) is 9.33. The third-order valence-electron chi connectivity index (χ3n) is 2.00. The first-order valence-electron chi connectivity index (χ1n) is 4.82. The Morgan fingerprint density at radius 2 is 1.83 bits per heavy atom. The molecule has 0 amide bonds. The highest BCUT2D eigenvalue weighted by Crippen LogP contribution is 2.23. The van der Waals surface area contributed by atoms with E-state index in [0.717, 1.165) is 10.7 Å². The Balaban J connectivity index is 2.83. The molecule has 102 valence electrons. The predicted octanol–water partition coefficient (Wildman–Crippen LogP) is 0.818. The standard InChI is InChI=1S/C9H13BrN2O4S2/c1-17(13,14)4-5-18(15,16)12-9-3-2-7(10)6-8(9)11/h2-3,6,12H,4-5,11H2,1H3. The lowest BCUT2D eigenvalue weighted by Crippen LogP contribution is -2.22. The summed E-state index contributed by atoms with van der Waals surface area (Å²) in [7, 11) is -7.05. The molecule has 1 aromatic rings. The summed E-state index contributed by atoms with van der Waals surface area (Å²) in [6.45, 7) is 0. The molecule has 0 heterocycles. The van der Waals surface area contributed by atoms with Crippen LogP contribution < -0.4 is 10.5 Å². The van der Waals surface area contributed by atoms with Gasteiger partial charge < -0.3 is 5.73 Å². The van der Waals surface area contributed by atoms with Crippen molar-refractivity contribution < 1.29 is 16.8 Å². The maximum absolute atomic E-state index is 11.6. The van der Waals surface area contributed by atoms with Crippen molar-refractivity contribution in [1.82, 2.24) is 0 Å². The van der Waals surface area contributed by atoms with E-state index in [0.29, 0.717) is 0 Å². The second kappa shape index (κ2) is 5.45. The van der Waals surface area contributed by atoms with E-state index in [9.17, 15) is 16.8 Å². The summed E-state index contributed by atoms with van der Waals surface area (Å²) in [4.78, 5) is 0. The molecule has 18 heavy (non-hydrogen) atoms. The van der Waals surface area contributed by atoms with Gasteiger partial charge in [-0.1, -0.05) is 15.9 Å². The van der Waals surface area contributed by atoms with Gasteiger partial charge in [0.1, 0.15) is 9.84 Å². The van der Waals surface area contributed by atoms with Crippen LogP contribution in [-0.2, 0) is 19.9 Å². The van der Waals surface area contributed by atoms with Crippen LogP contribution in [0.15, 0.2) is 22.7 Å². The summed E-state index contributed by atoms with van der Waals surface area (Å²) in [6, 6.07) is 4.68. The minimum atomic E-state index is -3.73. The molecule has 0 fully saturated rings. The highest BCUT2D eigenvalue weighted by Gasteiger charge is 2.15. The van der Waals surface area contributed by atoms with Gasteiger partial charge in [0, 0.05) is 10.7 Å². The van der Waals surface area contributed by atoms with Gasteiger partial charge in [-0.3, -0.25) is 4.72 Å². The summed E-state index contributed by atoms with van der Waals surface area (Å²) in [5, 5.41) is 0. The van der Waals surface area contributed by atoms with E-state index in [1.165, 1.54) is 6.07 Å². The molecule has 0 aliphatic carbocycles. The van der Waals surface area contributed by atoms with Gasteiger partial charge in [0.15, 0.2) is 0 Å². The Kier molecular flexibility index (Phi) is 4.62. The number of nitrogens with one attached hydrogen (secondary N) is 1. The van der Waals surface area contributed by atoms with Crippen LogP contribution in [0.3, 0.4) is 0 Å². The summed E-state index contributed by atoms with van der Waals surface area (Å²) in [6.07, 6.45) is 0.983. The number of sulfone groups is 1. The highest BCUT2D eigenvalue weighted by molar-refractivity contribution is 9.10. The monoisotopic (exact) mass is 356 g/mol. The van der Waals surface area contributed by atoms with Crippen molar-refractivity contribution in [3.63, 3.8) is 0 Å². The lowest BCUT2D eigenvalue weighted by molar-refractivity contribution is 0.593. The van der Waals surface area contributed by atoms with Gasteiger partial charge in [-0.15, -0.1) is 0 Å². The molecule has 0 saturated heterocycles. The third-order valence-corrected chi connectivity index (χ3v) is 4.97. The van der Waals surface area contributed by atoms with Gasteiger partial charge in [-0.25, -0.2) is 16.8 Å². The molecular weight excluding hydrogens is 344 g/mol. The fourth-order valence-corrected chi connectivity index (χ4v) is 4.20. The van der Waals surface area contributed by atoms with Crippen LogP contribution in [0.5, 0.6) is 0 Å². The number of nitrogen functional groups attached to an aromatic ring is 1. The first-order chi connectivity index (χ1) is 8.09. The topological polar surface area (TPSA) is 106 Å². The number of rotatable bonds is 5. The number of nitrogens with two attached hydrogens (primary N) is 1. The van der Waals surface area contributed by atoms with Gasteiger partial charge in [-0.2, -0.15) is 0 Å². The maximum atomic E-state index is 11.6. The molecule has 0 aliphatic heterocycles. The largest absolute Gasteiger partial charge is 0.397 e. The summed E-state index contributed by atoms with van der Waals surface area (Å²) < 4.78 is 48.1. The summed E-state index contributed by atoms with van der Waals surface area (Å²) >= 11 is 3.20. The Hall–Kier alpha value is -0.800.